The van der Waals surface area contributed by atoms with Crippen LogP contribution in [0.2, 0.25) is 0 Å². The van der Waals surface area contributed by atoms with Gasteiger partial charge >= 0.3 is 0 Å². The summed E-state index contributed by atoms with van der Waals surface area (Å²) in [6.07, 6.45) is 0.468. The van der Waals surface area contributed by atoms with E-state index >= 15 is 0 Å². The van der Waals surface area contributed by atoms with Crippen molar-refractivity contribution in [3.05, 3.63) is 53.0 Å². The SMILES string of the molecule is Cc1cc(F)ccc1CCNS(=O)(=O)c1ccc(CN)o1. The highest BCUT2D eigenvalue weighted by Gasteiger charge is 2.18. The summed E-state index contributed by atoms with van der Waals surface area (Å²) >= 11 is 0. The van der Waals surface area contributed by atoms with Crippen molar-refractivity contribution in [2.24, 2.45) is 5.73 Å². The van der Waals surface area contributed by atoms with E-state index in [2.05, 4.69) is 4.72 Å². The molecule has 3 N–H and O–H groups in total. The van der Waals surface area contributed by atoms with Gasteiger partial charge in [0.25, 0.3) is 10.0 Å². The fourth-order valence-electron chi connectivity index (χ4n) is 1.94. The molecule has 1 aromatic carbocycles. The van der Waals surface area contributed by atoms with Crippen molar-refractivity contribution < 1.29 is 17.2 Å². The standard InChI is InChI=1S/C14H17FN2O3S/c1-10-8-12(15)3-2-11(10)6-7-17-21(18,19)14-5-4-13(9-16)20-14/h2-5,8,17H,6-7,9,16H2,1H3. The first-order chi connectivity index (χ1) is 9.92. The zero-order chi connectivity index (χ0) is 15.5. The van der Waals surface area contributed by atoms with Gasteiger partial charge in [-0.1, -0.05) is 6.07 Å². The number of halogens is 1. The van der Waals surface area contributed by atoms with Gasteiger partial charge in [0.1, 0.15) is 11.6 Å². The third kappa shape index (κ3) is 3.90. The molecule has 0 amide bonds. The normalized spacial score (nSPS) is 11.8. The molecule has 7 heteroatoms. The predicted octanol–water partition coefficient (Wildman–Crippen LogP) is 1.71. The molecule has 0 aliphatic heterocycles. The van der Waals surface area contributed by atoms with Crippen molar-refractivity contribution in [1.82, 2.24) is 4.72 Å². The lowest BCUT2D eigenvalue weighted by atomic mass is 10.1. The largest absolute Gasteiger partial charge is 0.447 e. The second-order valence-corrected chi connectivity index (χ2v) is 6.34. The zero-order valence-electron chi connectivity index (χ0n) is 11.6. The van der Waals surface area contributed by atoms with E-state index in [0.29, 0.717) is 12.2 Å². The van der Waals surface area contributed by atoms with Crippen LogP contribution in [0.5, 0.6) is 0 Å². The molecule has 1 heterocycles. The van der Waals surface area contributed by atoms with Gasteiger partial charge in [0.15, 0.2) is 0 Å². The Balaban J connectivity index is 1.99. The van der Waals surface area contributed by atoms with Crippen molar-refractivity contribution in [3.63, 3.8) is 0 Å². The Morgan fingerprint density at radius 2 is 2.05 bits per heavy atom. The van der Waals surface area contributed by atoms with Crippen LogP contribution in [0.15, 0.2) is 39.8 Å². The van der Waals surface area contributed by atoms with Crippen LogP contribution < -0.4 is 10.5 Å². The number of hydrogen-bond acceptors (Lipinski definition) is 4. The lowest BCUT2D eigenvalue weighted by molar-refractivity contribution is 0.413. The van der Waals surface area contributed by atoms with Gasteiger partial charge in [-0.2, -0.15) is 0 Å². The van der Waals surface area contributed by atoms with Gasteiger partial charge in [-0.3, -0.25) is 0 Å². The number of nitrogens with one attached hydrogen (secondary N) is 1. The lowest BCUT2D eigenvalue weighted by Crippen LogP contribution is -2.25. The summed E-state index contributed by atoms with van der Waals surface area (Å²) in [5.41, 5.74) is 7.05. The average Bonchev–Trinajstić information content (AvgIpc) is 2.91. The maximum Gasteiger partial charge on any atom is 0.273 e. The van der Waals surface area contributed by atoms with Gasteiger partial charge in [-0.05, 0) is 48.7 Å². The third-order valence-corrected chi connectivity index (χ3v) is 4.43. The van der Waals surface area contributed by atoms with Crippen molar-refractivity contribution in [2.45, 2.75) is 25.0 Å². The molecule has 0 saturated carbocycles. The summed E-state index contributed by atoms with van der Waals surface area (Å²) in [4.78, 5) is 0. The molecule has 0 radical (unpaired) electrons. The van der Waals surface area contributed by atoms with Gasteiger partial charge in [0, 0.05) is 6.54 Å². The molecule has 0 aliphatic carbocycles. The van der Waals surface area contributed by atoms with Gasteiger partial charge in [-0.15, -0.1) is 0 Å². The highest BCUT2D eigenvalue weighted by atomic mass is 32.2. The molecule has 1 aromatic heterocycles. The first-order valence-electron chi connectivity index (χ1n) is 6.46. The molecule has 0 aliphatic rings. The minimum atomic E-state index is -3.69. The third-order valence-electron chi connectivity index (χ3n) is 3.09. The minimum Gasteiger partial charge on any atom is -0.447 e. The van der Waals surface area contributed by atoms with E-state index in [1.54, 1.807) is 13.0 Å². The van der Waals surface area contributed by atoms with Gasteiger partial charge < -0.3 is 10.2 Å². The number of hydrogen-bond donors (Lipinski definition) is 2. The highest BCUT2D eigenvalue weighted by molar-refractivity contribution is 7.89. The lowest BCUT2D eigenvalue weighted by Gasteiger charge is -2.07. The van der Waals surface area contributed by atoms with Crippen LogP contribution >= 0.6 is 0 Å². The van der Waals surface area contributed by atoms with Crippen molar-refractivity contribution in [2.75, 3.05) is 6.54 Å². The number of rotatable bonds is 6. The number of furan rings is 1. The van der Waals surface area contributed by atoms with E-state index in [4.69, 9.17) is 10.2 Å². The van der Waals surface area contributed by atoms with Crippen molar-refractivity contribution in [3.8, 4) is 0 Å². The van der Waals surface area contributed by atoms with Crippen LogP contribution in [0.25, 0.3) is 0 Å². The van der Waals surface area contributed by atoms with Gasteiger partial charge in [0.05, 0.1) is 6.54 Å². The number of sulfonamides is 1. The molecule has 0 fully saturated rings. The fraction of sp³-hybridized carbons (Fsp3) is 0.286. The molecule has 2 rings (SSSR count). The van der Waals surface area contributed by atoms with E-state index in [-0.39, 0.29) is 24.0 Å². The Hall–Kier alpha value is -1.70. The average molecular weight is 312 g/mol. The molecule has 5 nitrogen and oxygen atoms in total. The molecule has 0 unspecified atom stereocenters. The Kier molecular flexibility index (Phi) is 4.76. The Morgan fingerprint density at radius 1 is 1.29 bits per heavy atom. The Labute approximate surface area is 123 Å². The number of aryl methyl sites for hydroxylation is 1. The fourth-order valence-corrected chi connectivity index (χ4v) is 2.92. The first-order valence-corrected chi connectivity index (χ1v) is 7.94. The molecule has 0 saturated heterocycles. The van der Waals surface area contributed by atoms with Crippen LogP contribution in [0.3, 0.4) is 0 Å². The summed E-state index contributed by atoms with van der Waals surface area (Å²) in [5.74, 6) is 0.103. The molecule has 2 aromatic rings. The van der Waals surface area contributed by atoms with E-state index in [9.17, 15) is 12.8 Å². The van der Waals surface area contributed by atoms with Crippen LogP contribution in [0.4, 0.5) is 4.39 Å². The van der Waals surface area contributed by atoms with Crippen LogP contribution in [0, 0.1) is 12.7 Å². The smallest absolute Gasteiger partial charge is 0.273 e. The van der Waals surface area contributed by atoms with E-state index in [1.807, 2.05) is 0 Å². The van der Waals surface area contributed by atoms with Crippen LogP contribution in [-0.2, 0) is 23.0 Å². The van der Waals surface area contributed by atoms with Crippen LogP contribution in [0.1, 0.15) is 16.9 Å². The summed E-state index contributed by atoms with van der Waals surface area (Å²) < 4.78 is 44.5. The Bertz CT molecular complexity index is 726. The van der Waals surface area contributed by atoms with Crippen molar-refractivity contribution in [1.29, 1.82) is 0 Å². The molecular weight excluding hydrogens is 295 g/mol. The molecule has 0 atom stereocenters. The maximum atomic E-state index is 13.0. The number of nitrogens with two attached hydrogens (primary N) is 1. The maximum absolute atomic E-state index is 13.0. The molecule has 0 spiro atoms. The number of benzene rings is 1. The first kappa shape index (κ1) is 15.7. The summed E-state index contributed by atoms with van der Waals surface area (Å²) in [7, 11) is -3.69. The molecular formula is C14H17FN2O3S. The molecule has 0 bridgehead atoms. The minimum absolute atomic E-state index is 0.143. The summed E-state index contributed by atoms with van der Waals surface area (Å²) in [6.45, 7) is 2.13. The predicted molar refractivity (Wildman–Crippen MR) is 76.6 cm³/mol. The topological polar surface area (TPSA) is 85.3 Å². The quantitative estimate of drug-likeness (QED) is 0.850. The van der Waals surface area contributed by atoms with E-state index in [0.717, 1.165) is 11.1 Å². The van der Waals surface area contributed by atoms with Gasteiger partial charge in [0.2, 0.25) is 5.09 Å². The Morgan fingerprint density at radius 3 is 2.67 bits per heavy atom. The van der Waals surface area contributed by atoms with Crippen molar-refractivity contribution >= 4 is 10.0 Å². The summed E-state index contributed by atoms with van der Waals surface area (Å²) in [6, 6.07) is 7.32. The van der Waals surface area contributed by atoms with Crippen LogP contribution in [-0.4, -0.2) is 15.0 Å². The van der Waals surface area contributed by atoms with Gasteiger partial charge in [-0.25, -0.2) is 17.5 Å². The highest BCUT2D eigenvalue weighted by Crippen LogP contribution is 2.14. The van der Waals surface area contributed by atoms with E-state index < -0.39 is 10.0 Å². The second kappa shape index (κ2) is 6.38. The van der Waals surface area contributed by atoms with E-state index in [1.165, 1.54) is 24.3 Å². The molecule has 114 valence electrons. The summed E-state index contributed by atoms with van der Waals surface area (Å²) in [5, 5.41) is -0.154. The molecule has 21 heavy (non-hydrogen) atoms. The zero-order valence-corrected chi connectivity index (χ0v) is 12.4. The second-order valence-electron chi connectivity index (χ2n) is 4.64. The monoisotopic (exact) mass is 312 g/mol.